The van der Waals surface area contributed by atoms with Crippen LogP contribution >= 0.6 is 0 Å². The van der Waals surface area contributed by atoms with Gasteiger partial charge in [-0.2, -0.15) is 0 Å². The zero-order chi connectivity index (χ0) is 15.1. The van der Waals surface area contributed by atoms with Crippen molar-refractivity contribution in [3.05, 3.63) is 28.1 Å². The summed E-state index contributed by atoms with van der Waals surface area (Å²) >= 11 is 0. The predicted octanol–water partition coefficient (Wildman–Crippen LogP) is 1.26. The van der Waals surface area contributed by atoms with Crippen molar-refractivity contribution < 1.29 is 28.7 Å². The molecule has 0 aromatic heterocycles. The molecule has 0 bridgehead atoms. The molecular weight excluding hydrogens is 275 g/mol. The summed E-state index contributed by atoms with van der Waals surface area (Å²) in [5.41, 5.74) is -0.468. The lowest BCUT2D eigenvalue weighted by molar-refractivity contribution is -0.385. The molecule has 0 amide bonds. The highest BCUT2D eigenvalue weighted by Crippen LogP contribution is 2.32. The van der Waals surface area contributed by atoms with Gasteiger partial charge in [-0.15, -0.1) is 0 Å². The minimum Gasteiger partial charge on any atom is -0.490 e. The summed E-state index contributed by atoms with van der Waals surface area (Å²) in [6.45, 7) is -0.260. The smallest absolute Gasteiger partial charge is 0.329 e. The van der Waals surface area contributed by atoms with Crippen LogP contribution in [0.5, 0.6) is 5.75 Å². The maximum Gasteiger partial charge on any atom is 0.329 e. The minimum absolute atomic E-state index is 0.00590. The predicted molar refractivity (Wildman–Crippen MR) is 66.6 cm³/mol. The van der Waals surface area contributed by atoms with E-state index in [-0.39, 0.29) is 24.6 Å². The summed E-state index contributed by atoms with van der Waals surface area (Å²) in [5.74, 6) is -1.99. The van der Waals surface area contributed by atoms with Gasteiger partial charge in [-0.1, -0.05) is 0 Å². The van der Waals surface area contributed by atoms with Crippen LogP contribution in [-0.2, 0) is 9.53 Å². The Balaban J connectivity index is 2.66. The third-order valence-electron chi connectivity index (χ3n) is 2.25. The van der Waals surface area contributed by atoms with Gasteiger partial charge >= 0.3 is 11.7 Å². The van der Waals surface area contributed by atoms with Crippen molar-refractivity contribution in [2.75, 3.05) is 32.2 Å². The molecule has 0 heterocycles. The average Bonchev–Trinajstić information content (AvgIpc) is 2.39. The molecule has 0 aliphatic carbocycles. The number of methoxy groups -OCH3 is 1. The largest absolute Gasteiger partial charge is 0.490 e. The van der Waals surface area contributed by atoms with E-state index in [1.807, 2.05) is 0 Å². The molecule has 2 N–H and O–H groups in total. The van der Waals surface area contributed by atoms with Crippen molar-refractivity contribution in [3.8, 4) is 5.75 Å². The molecule has 0 fully saturated rings. The van der Waals surface area contributed by atoms with Gasteiger partial charge in [-0.05, 0) is 0 Å². The SMILES string of the molecule is COc1cc(NCCOCC(=O)O)c(F)cc1[N+](=O)[O-]. The van der Waals surface area contributed by atoms with Crippen LogP contribution in [-0.4, -0.2) is 42.9 Å². The molecule has 0 radical (unpaired) electrons. The molecule has 1 aromatic carbocycles. The fourth-order valence-electron chi connectivity index (χ4n) is 1.40. The first-order valence-corrected chi connectivity index (χ1v) is 5.51. The third-order valence-corrected chi connectivity index (χ3v) is 2.25. The first-order chi connectivity index (χ1) is 9.45. The number of anilines is 1. The molecule has 9 heteroatoms. The molecule has 20 heavy (non-hydrogen) atoms. The lowest BCUT2D eigenvalue weighted by Crippen LogP contribution is -2.14. The van der Waals surface area contributed by atoms with Crippen molar-refractivity contribution in [2.45, 2.75) is 0 Å². The number of ether oxygens (including phenoxy) is 2. The van der Waals surface area contributed by atoms with Gasteiger partial charge in [0.2, 0.25) is 0 Å². The highest BCUT2D eigenvalue weighted by atomic mass is 19.1. The number of rotatable bonds is 8. The molecule has 1 aromatic rings. The maximum absolute atomic E-state index is 13.6. The summed E-state index contributed by atoms with van der Waals surface area (Å²) in [5, 5.41) is 21.6. The number of nitro groups is 1. The van der Waals surface area contributed by atoms with Crippen molar-refractivity contribution in [1.82, 2.24) is 0 Å². The zero-order valence-corrected chi connectivity index (χ0v) is 10.6. The zero-order valence-electron chi connectivity index (χ0n) is 10.6. The van der Waals surface area contributed by atoms with Crippen LogP contribution in [0.15, 0.2) is 12.1 Å². The Bertz CT molecular complexity index is 508. The molecule has 0 unspecified atom stereocenters. The Morgan fingerprint density at radius 3 is 2.80 bits per heavy atom. The van der Waals surface area contributed by atoms with Crippen LogP contribution < -0.4 is 10.1 Å². The van der Waals surface area contributed by atoms with Crippen LogP contribution in [0.3, 0.4) is 0 Å². The highest BCUT2D eigenvalue weighted by Gasteiger charge is 2.18. The number of benzene rings is 1. The van der Waals surface area contributed by atoms with Gasteiger partial charge in [0.05, 0.1) is 30.4 Å². The van der Waals surface area contributed by atoms with Crippen molar-refractivity contribution in [2.24, 2.45) is 0 Å². The van der Waals surface area contributed by atoms with E-state index in [2.05, 4.69) is 5.32 Å². The summed E-state index contributed by atoms with van der Waals surface area (Å²) in [7, 11) is 1.24. The Morgan fingerprint density at radius 2 is 2.25 bits per heavy atom. The number of carboxylic acid groups (broad SMARTS) is 1. The summed E-state index contributed by atoms with van der Waals surface area (Å²) < 4.78 is 23.2. The standard InChI is InChI=1S/C11H13FN2O6/c1-19-10-5-8(7(12)4-9(10)14(17)18)13-2-3-20-6-11(15)16/h4-5,13H,2-3,6H2,1H3,(H,15,16). The Kier molecular flexibility index (Phi) is 5.66. The topological polar surface area (TPSA) is 111 Å². The van der Waals surface area contributed by atoms with E-state index in [0.29, 0.717) is 0 Å². The molecule has 110 valence electrons. The number of aliphatic carboxylic acids is 1. The van der Waals surface area contributed by atoms with E-state index < -0.39 is 29.0 Å². The van der Waals surface area contributed by atoms with Crippen LogP contribution in [0.25, 0.3) is 0 Å². The first-order valence-electron chi connectivity index (χ1n) is 5.51. The number of hydrogen-bond donors (Lipinski definition) is 2. The van der Waals surface area contributed by atoms with E-state index in [4.69, 9.17) is 14.6 Å². The maximum atomic E-state index is 13.6. The highest BCUT2D eigenvalue weighted by molar-refractivity contribution is 5.68. The van der Waals surface area contributed by atoms with Crippen LogP contribution in [0.4, 0.5) is 15.8 Å². The number of carboxylic acids is 1. The van der Waals surface area contributed by atoms with Crippen molar-refractivity contribution in [1.29, 1.82) is 0 Å². The molecular formula is C11H13FN2O6. The van der Waals surface area contributed by atoms with E-state index in [1.54, 1.807) is 0 Å². The van der Waals surface area contributed by atoms with E-state index in [0.717, 1.165) is 12.1 Å². The molecule has 1 rings (SSSR count). The van der Waals surface area contributed by atoms with Gasteiger partial charge in [0.1, 0.15) is 6.61 Å². The van der Waals surface area contributed by atoms with Gasteiger partial charge in [0, 0.05) is 12.6 Å². The molecule has 0 spiro atoms. The third kappa shape index (κ3) is 4.35. The Labute approximate surface area is 113 Å². The van der Waals surface area contributed by atoms with Gasteiger partial charge in [-0.25, -0.2) is 9.18 Å². The lowest BCUT2D eigenvalue weighted by Gasteiger charge is -2.09. The summed E-state index contributed by atoms with van der Waals surface area (Å²) in [6, 6.07) is 1.91. The lowest BCUT2D eigenvalue weighted by atomic mass is 10.2. The molecule has 0 aliphatic heterocycles. The van der Waals surface area contributed by atoms with Gasteiger partial charge < -0.3 is 19.9 Å². The average molecular weight is 288 g/mol. The van der Waals surface area contributed by atoms with Crippen molar-refractivity contribution >= 4 is 17.3 Å². The van der Waals surface area contributed by atoms with Gasteiger partial charge in [-0.3, -0.25) is 10.1 Å². The first kappa shape index (κ1) is 15.6. The molecule has 8 nitrogen and oxygen atoms in total. The number of hydrogen-bond acceptors (Lipinski definition) is 6. The fourth-order valence-corrected chi connectivity index (χ4v) is 1.40. The van der Waals surface area contributed by atoms with E-state index >= 15 is 0 Å². The Hall–Kier alpha value is -2.42. The second-order valence-electron chi connectivity index (χ2n) is 3.63. The summed E-state index contributed by atoms with van der Waals surface area (Å²) in [6.07, 6.45) is 0. The normalized spacial score (nSPS) is 10.1. The minimum atomic E-state index is -1.10. The fraction of sp³-hybridized carbons (Fsp3) is 0.364. The molecule has 0 atom stereocenters. The molecule has 0 saturated heterocycles. The number of nitrogens with zero attached hydrogens (tertiary/aromatic N) is 1. The molecule has 0 aliphatic rings. The van der Waals surface area contributed by atoms with Crippen LogP contribution in [0, 0.1) is 15.9 Å². The van der Waals surface area contributed by atoms with Crippen LogP contribution in [0.2, 0.25) is 0 Å². The number of nitrogens with one attached hydrogen (secondary N) is 1. The summed E-state index contributed by atoms with van der Waals surface area (Å²) in [4.78, 5) is 20.1. The van der Waals surface area contributed by atoms with Crippen molar-refractivity contribution in [3.63, 3.8) is 0 Å². The van der Waals surface area contributed by atoms with Crippen LogP contribution in [0.1, 0.15) is 0 Å². The second kappa shape index (κ2) is 7.24. The molecule has 0 saturated carbocycles. The number of carbonyl (C=O) groups is 1. The Morgan fingerprint density at radius 1 is 1.55 bits per heavy atom. The number of halogens is 1. The van der Waals surface area contributed by atoms with Gasteiger partial charge in [0.15, 0.2) is 11.6 Å². The second-order valence-corrected chi connectivity index (χ2v) is 3.63. The monoisotopic (exact) mass is 288 g/mol. The van der Waals surface area contributed by atoms with Gasteiger partial charge in [0.25, 0.3) is 0 Å². The van der Waals surface area contributed by atoms with E-state index in [9.17, 15) is 19.3 Å². The van der Waals surface area contributed by atoms with E-state index in [1.165, 1.54) is 7.11 Å². The quantitative estimate of drug-likeness (QED) is 0.420. The number of nitro benzene ring substituents is 1.